The van der Waals surface area contributed by atoms with Crippen molar-refractivity contribution in [3.8, 4) is 5.75 Å². The number of amides is 1. The molecule has 210 valence electrons. The Morgan fingerprint density at radius 1 is 1.13 bits per heavy atom. The van der Waals surface area contributed by atoms with Crippen LogP contribution in [0.2, 0.25) is 0 Å². The molecular formula is C27H36F3N3O5. The van der Waals surface area contributed by atoms with Gasteiger partial charge in [-0.25, -0.2) is 0 Å². The molecule has 2 aliphatic rings. The highest BCUT2D eigenvalue weighted by molar-refractivity contribution is 5.97. The summed E-state index contributed by atoms with van der Waals surface area (Å²) < 4.78 is 67.1. The van der Waals surface area contributed by atoms with Gasteiger partial charge in [0.05, 0.1) is 29.9 Å². The molecule has 1 aromatic heterocycles. The summed E-state index contributed by atoms with van der Waals surface area (Å²) in [5.74, 6) is -0.816. The van der Waals surface area contributed by atoms with E-state index < -0.39 is 17.6 Å². The van der Waals surface area contributed by atoms with Gasteiger partial charge < -0.3 is 18.9 Å². The van der Waals surface area contributed by atoms with Gasteiger partial charge in [-0.1, -0.05) is 20.8 Å². The minimum atomic E-state index is -4.63. The number of benzene rings is 1. The zero-order valence-electron chi connectivity index (χ0n) is 22.5. The van der Waals surface area contributed by atoms with Crippen LogP contribution in [0.3, 0.4) is 0 Å². The van der Waals surface area contributed by atoms with Crippen molar-refractivity contribution >= 4 is 5.91 Å². The number of hydrogen-bond acceptors (Lipinski definition) is 5. The summed E-state index contributed by atoms with van der Waals surface area (Å²) in [5.41, 5.74) is -0.206. The third kappa shape index (κ3) is 6.32. The number of halogens is 3. The van der Waals surface area contributed by atoms with E-state index in [9.17, 15) is 18.0 Å². The number of alkyl halides is 3. The van der Waals surface area contributed by atoms with Crippen molar-refractivity contribution in [1.82, 2.24) is 9.36 Å². The van der Waals surface area contributed by atoms with Gasteiger partial charge in [0.2, 0.25) is 0 Å². The molecule has 1 amide bonds. The van der Waals surface area contributed by atoms with E-state index in [1.165, 1.54) is 0 Å². The molecule has 3 atom stereocenters. The maximum absolute atomic E-state index is 13.6. The Kier molecular flexibility index (Phi) is 8.39. The molecule has 0 bridgehead atoms. The average molecular weight is 540 g/mol. The van der Waals surface area contributed by atoms with Crippen LogP contribution in [0.15, 0.2) is 29.3 Å². The average Bonchev–Trinajstić information content (AvgIpc) is 3.59. The maximum Gasteiger partial charge on any atom is 0.416 e. The van der Waals surface area contributed by atoms with Crippen LogP contribution in [0.4, 0.5) is 13.2 Å². The van der Waals surface area contributed by atoms with Gasteiger partial charge >= 0.3 is 6.18 Å². The zero-order chi connectivity index (χ0) is 27.7. The van der Waals surface area contributed by atoms with Crippen molar-refractivity contribution in [3.63, 3.8) is 0 Å². The second kappa shape index (κ2) is 11.2. The van der Waals surface area contributed by atoms with Crippen molar-refractivity contribution in [2.24, 2.45) is 12.0 Å². The maximum atomic E-state index is 13.6. The van der Waals surface area contributed by atoms with Crippen molar-refractivity contribution in [3.05, 3.63) is 46.6 Å². The summed E-state index contributed by atoms with van der Waals surface area (Å²) in [6.07, 6.45) is -2.72. The van der Waals surface area contributed by atoms with Crippen LogP contribution in [0, 0.1) is 0 Å². The van der Waals surface area contributed by atoms with E-state index in [2.05, 4.69) is 4.99 Å². The molecule has 0 spiro atoms. The molecule has 11 heteroatoms. The Balaban J connectivity index is 1.72. The third-order valence-electron chi connectivity index (χ3n) is 7.02. The monoisotopic (exact) mass is 539 g/mol. The molecule has 0 aliphatic carbocycles. The van der Waals surface area contributed by atoms with Crippen LogP contribution in [0.1, 0.15) is 61.6 Å². The SMILES string of the molecule is CO[C@H]1CCO[C@@H]1COc1ccc(C(F)(F)F)cc1C(=O)N=c1cc(C(C)(C)C)n(C)n1CC1CCCO1. The van der Waals surface area contributed by atoms with E-state index in [1.54, 1.807) is 13.2 Å². The molecule has 2 aliphatic heterocycles. The fraction of sp³-hybridized carbons (Fsp3) is 0.630. The van der Waals surface area contributed by atoms with E-state index in [0.717, 1.165) is 36.7 Å². The lowest BCUT2D eigenvalue weighted by Crippen LogP contribution is -2.30. The number of hydrogen-bond donors (Lipinski definition) is 0. The normalized spacial score (nSPS) is 22.8. The number of carbonyl (C=O) groups excluding carboxylic acids is 1. The molecule has 4 rings (SSSR count). The smallest absolute Gasteiger partial charge is 0.416 e. The van der Waals surface area contributed by atoms with Gasteiger partial charge in [0.25, 0.3) is 5.91 Å². The Morgan fingerprint density at radius 3 is 2.53 bits per heavy atom. The Hall–Kier alpha value is -2.63. The summed E-state index contributed by atoms with van der Waals surface area (Å²) in [7, 11) is 3.45. The predicted molar refractivity (Wildman–Crippen MR) is 133 cm³/mol. The van der Waals surface area contributed by atoms with E-state index in [4.69, 9.17) is 18.9 Å². The predicted octanol–water partition coefficient (Wildman–Crippen LogP) is 4.25. The molecule has 2 aromatic rings. The van der Waals surface area contributed by atoms with Crippen LogP contribution in [-0.4, -0.2) is 60.5 Å². The molecule has 0 N–H and O–H groups in total. The first-order chi connectivity index (χ1) is 17.9. The first-order valence-corrected chi connectivity index (χ1v) is 12.8. The van der Waals surface area contributed by atoms with Gasteiger partial charge in [0, 0.05) is 44.5 Å². The minimum Gasteiger partial charge on any atom is -0.490 e. The molecule has 1 unspecified atom stereocenters. The summed E-state index contributed by atoms with van der Waals surface area (Å²) in [6, 6.07) is 4.65. The van der Waals surface area contributed by atoms with E-state index in [0.29, 0.717) is 31.7 Å². The lowest BCUT2D eigenvalue weighted by Gasteiger charge is -2.21. The topological polar surface area (TPSA) is 76.2 Å². The molecule has 0 radical (unpaired) electrons. The van der Waals surface area contributed by atoms with E-state index in [-0.39, 0.29) is 41.6 Å². The molecule has 1 aromatic carbocycles. The highest BCUT2D eigenvalue weighted by atomic mass is 19.4. The number of ether oxygens (including phenoxy) is 4. The van der Waals surface area contributed by atoms with Crippen molar-refractivity contribution < 1.29 is 36.9 Å². The first kappa shape index (κ1) is 28.4. The quantitative estimate of drug-likeness (QED) is 0.526. The van der Waals surface area contributed by atoms with Gasteiger partial charge in [-0.05, 0) is 37.5 Å². The lowest BCUT2D eigenvalue weighted by atomic mass is 9.92. The summed E-state index contributed by atoms with van der Waals surface area (Å²) in [6.45, 7) is 7.80. The fourth-order valence-corrected chi connectivity index (χ4v) is 4.95. The largest absolute Gasteiger partial charge is 0.490 e. The number of aromatic nitrogens is 2. The fourth-order valence-electron chi connectivity index (χ4n) is 4.95. The van der Waals surface area contributed by atoms with Crippen LogP contribution in [0.5, 0.6) is 5.75 Å². The van der Waals surface area contributed by atoms with Crippen LogP contribution in [0.25, 0.3) is 0 Å². The molecule has 2 fully saturated rings. The number of nitrogens with zero attached hydrogens (tertiary/aromatic N) is 3. The highest BCUT2D eigenvalue weighted by Gasteiger charge is 2.33. The second-order valence-electron chi connectivity index (χ2n) is 10.8. The molecule has 38 heavy (non-hydrogen) atoms. The van der Waals surface area contributed by atoms with E-state index in [1.807, 2.05) is 37.2 Å². The number of carbonyl (C=O) groups is 1. The third-order valence-corrected chi connectivity index (χ3v) is 7.02. The van der Waals surface area contributed by atoms with Crippen molar-refractivity contribution in [1.29, 1.82) is 0 Å². The van der Waals surface area contributed by atoms with Crippen molar-refractivity contribution in [2.45, 2.75) is 76.5 Å². The molecule has 3 heterocycles. The summed E-state index contributed by atoms with van der Waals surface area (Å²) in [5, 5.41) is 0. The van der Waals surface area contributed by atoms with Gasteiger partial charge in [-0.2, -0.15) is 18.2 Å². The van der Waals surface area contributed by atoms with Gasteiger partial charge in [0.15, 0.2) is 5.49 Å². The first-order valence-electron chi connectivity index (χ1n) is 12.8. The minimum absolute atomic E-state index is 0.00903. The van der Waals surface area contributed by atoms with Crippen LogP contribution >= 0.6 is 0 Å². The van der Waals surface area contributed by atoms with Crippen LogP contribution < -0.4 is 10.2 Å². The van der Waals surface area contributed by atoms with Gasteiger partial charge in [0.1, 0.15) is 18.5 Å². The van der Waals surface area contributed by atoms with Crippen molar-refractivity contribution in [2.75, 3.05) is 26.9 Å². The number of rotatable bonds is 7. The molecule has 2 saturated heterocycles. The molecular weight excluding hydrogens is 503 g/mol. The summed E-state index contributed by atoms with van der Waals surface area (Å²) in [4.78, 5) is 17.8. The summed E-state index contributed by atoms with van der Waals surface area (Å²) >= 11 is 0. The van der Waals surface area contributed by atoms with Gasteiger partial charge in [-0.3, -0.25) is 14.2 Å². The Bertz CT molecular complexity index is 1210. The van der Waals surface area contributed by atoms with E-state index >= 15 is 0 Å². The highest BCUT2D eigenvalue weighted by Crippen LogP contribution is 2.33. The standard InChI is InChI=1S/C27H36F3N3O5/c1-26(2,3)23-14-24(33(32(23)4)15-18-7-6-11-36-18)31-25(34)19-13-17(27(28,29)30)8-9-20(19)38-16-22-21(35-5)10-12-37-22/h8-9,13-14,18,21-22H,6-7,10-12,15-16H2,1-5H3/t18?,21-,22+/m0/s1. The molecule has 0 saturated carbocycles. The number of methoxy groups -OCH3 is 1. The Morgan fingerprint density at radius 2 is 1.89 bits per heavy atom. The zero-order valence-corrected chi connectivity index (χ0v) is 22.5. The van der Waals surface area contributed by atoms with Gasteiger partial charge in [-0.15, -0.1) is 0 Å². The second-order valence-corrected chi connectivity index (χ2v) is 10.8. The van der Waals surface area contributed by atoms with Crippen LogP contribution in [-0.2, 0) is 39.4 Å². The Labute approximate surface area is 220 Å². The molecule has 8 nitrogen and oxygen atoms in total. The lowest BCUT2D eigenvalue weighted by molar-refractivity contribution is -0.137.